The Morgan fingerprint density at radius 3 is 2.44 bits per heavy atom. The number of sulfonamides is 1. The van der Waals surface area contributed by atoms with Crippen LogP contribution in [0.2, 0.25) is 0 Å². The predicted molar refractivity (Wildman–Crippen MR) is 131 cm³/mol. The molecule has 36 heavy (non-hydrogen) atoms. The molecule has 4 saturated carbocycles. The Morgan fingerprint density at radius 2 is 1.83 bits per heavy atom. The number of aldehydes is 1. The summed E-state index contributed by atoms with van der Waals surface area (Å²) in [5.74, 6) is -2.40. The molecule has 11 unspecified atom stereocenters. The van der Waals surface area contributed by atoms with E-state index in [0.717, 1.165) is 38.2 Å². The summed E-state index contributed by atoms with van der Waals surface area (Å²) < 4.78 is 30.2. The van der Waals surface area contributed by atoms with Crippen LogP contribution in [0.5, 0.6) is 0 Å². The average Bonchev–Trinajstić information content (AvgIpc) is 3.19. The Labute approximate surface area is 212 Å². The molecular formula is C27H37NO7S. The van der Waals surface area contributed by atoms with Gasteiger partial charge in [0.1, 0.15) is 6.29 Å². The topological polar surface area (TPSA) is 132 Å². The van der Waals surface area contributed by atoms with Crippen LogP contribution in [0, 0.1) is 45.3 Å². The smallest absolute Gasteiger partial charge is 0.306 e. The number of carbonyl (C=O) groups excluding carboxylic acids is 1. The maximum atomic E-state index is 14.3. The van der Waals surface area contributed by atoms with E-state index in [1.54, 1.807) is 11.2 Å². The number of carboxylic acid groups (broad SMARTS) is 1. The summed E-state index contributed by atoms with van der Waals surface area (Å²) in [5, 5.41) is 28.3. The van der Waals surface area contributed by atoms with Gasteiger partial charge in [0.15, 0.2) is 0 Å². The maximum absolute atomic E-state index is 14.3. The molecule has 8 nitrogen and oxygen atoms in total. The minimum atomic E-state index is -4.01. The summed E-state index contributed by atoms with van der Waals surface area (Å²) in [5.41, 5.74) is 1.11. The molecule has 7 aliphatic rings. The number of rotatable bonds is 3. The van der Waals surface area contributed by atoms with Crippen LogP contribution in [0.3, 0.4) is 0 Å². The Bertz CT molecular complexity index is 1240. The molecule has 3 N–H and O–H groups in total. The molecule has 0 radical (unpaired) electrons. The molecule has 11 atom stereocenters. The van der Waals surface area contributed by atoms with E-state index in [1.807, 2.05) is 0 Å². The SMILES string of the molecule is C=C1C23C4=C(CCCC4N(C4CCC(C(=O)O)C(C)C4C=O)S1(=O)=O)C1C4(C)CC(C)(C2O)C143.CO. The molecule has 0 amide bonds. The van der Waals surface area contributed by atoms with Gasteiger partial charge < -0.3 is 20.1 Å². The van der Waals surface area contributed by atoms with E-state index in [0.29, 0.717) is 25.2 Å². The summed E-state index contributed by atoms with van der Waals surface area (Å²) in [6.45, 7) is 10.4. The summed E-state index contributed by atoms with van der Waals surface area (Å²) in [4.78, 5) is 24.2. The van der Waals surface area contributed by atoms with Crippen LogP contribution in [-0.4, -0.2) is 65.6 Å². The van der Waals surface area contributed by atoms with E-state index in [1.165, 1.54) is 5.57 Å². The van der Waals surface area contributed by atoms with Crippen molar-refractivity contribution in [3.8, 4) is 0 Å². The first-order valence-electron chi connectivity index (χ1n) is 13.2. The second-order valence-corrected chi connectivity index (χ2v) is 14.6. The van der Waals surface area contributed by atoms with Crippen LogP contribution in [0.1, 0.15) is 59.3 Å². The highest BCUT2D eigenvalue weighted by atomic mass is 32.2. The van der Waals surface area contributed by atoms with E-state index < -0.39 is 51.3 Å². The zero-order valence-corrected chi connectivity index (χ0v) is 22.2. The molecule has 0 aromatic carbocycles. The second kappa shape index (κ2) is 6.90. The fourth-order valence-electron chi connectivity index (χ4n) is 11.5. The number of aliphatic hydroxyl groups is 2. The van der Waals surface area contributed by atoms with Gasteiger partial charge in [-0.2, -0.15) is 4.31 Å². The molecule has 6 aliphatic carbocycles. The van der Waals surface area contributed by atoms with Crippen molar-refractivity contribution >= 4 is 22.3 Å². The maximum Gasteiger partial charge on any atom is 0.306 e. The van der Waals surface area contributed by atoms with E-state index in [2.05, 4.69) is 20.4 Å². The minimum Gasteiger partial charge on any atom is -0.481 e. The van der Waals surface area contributed by atoms with Crippen molar-refractivity contribution in [1.29, 1.82) is 0 Å². The van der Waals surface area contributed by atoms with Gasteiger partial charge >= 0.3 is 5.97 Å². The number of nitrogens with zero attached hydrogens (tertiary/aromatic N) is 1. The highest BCUT2D eigenvalue weighted by Crippen LogP contribution is 3.07. The van der Waals surface area contributed by atoms with Gasteiger partial charge in [0.25, 0.3) is 0 Å². The molecular weight excluding hydrogens is 482 g/mol. The number of hydrogen-bond acceptors (Lipinski definition) is 6. The fraction of sp³-hybridized carbons (Fsp3) is 0.778. The molecule has 1 heterocycles. The number of carboxylic acids is 1. The first-order valence-corrected chi connectivity index (χ1v) is 14.6. The quantitative estimate of drug-likeness (QED) is 0.385. The first kappa shape index (κ1) is 24.8. The highest BCUT2D eigenvalue weighted by molar-refractivity contribution is 7.93. The first-order chi connectivity index (χ1) is 16.9. The molecule has 7 rings (SSSR count). The van der Waals surface area contributed by atoms with Crippen LogP contribution >= 0.6 is 0 Å². The van der Waals surface area contributed by atoms with Gasteiger partial charge in [-0.05, 0) is 61.3 Å². The second-order valence-electron chi connectivity index (χ2n) is 12.7. The van der Waals surface area contributed by atoms with Crippen molar-refractivity contribution in [2.75, 3.05) is 7.11 Å². The van der Waals surface area contributed by atoms with Gasteiger partial charge in [-0.1, -0.05) is 32.9 Å². The van der Waals surface area contributed by atoms with Gasteiger partial charge in [-0.15, -0.1) is 0 Å². The van der Waals surface area contributed by atoms with E-state index in [-0.39, 0.29) is 27.2 Å². The van der Waals surface area contributed by atoms with Crippen LogP contribution in [-0.2, 0) is 19.6 Å². The summed E-state index contributed by atoms with van der Waals surface area (Å²) in [6.07, 6.45) is 4.14. The monoisotopic (exact) mass is 519 g/mol. The van der Waals surface area contributed by atoms with Gasteiger partial charge in [-0.3, -0.25) is 4.79 Å². The molecule has 9 heteroatoms. The number of hydrogen-bond donors (Lipinski definition) is 3. The van der Waals surface area contributed by atoms with Crippen LogP contribution in [0.15, 0.2) is 22.6 Å². The number of carbonyl (C=O) groups is 2. The predicted octanol–water partition coefficient (Wildman–Crippen LogP) is 2.32. The van der Waals surface area contributed by atoms with Crippen LogP contribution in [0.25, 0.3) is 0 Å². The third-order valence-corrected chi connectivity index (χ3v) is 14.2. The van der Waals surface area contributed by atoms with Crippen molar-refractivity contribution in [3.05, 3.63) is 22.6 Å². The lowest BCUT2D eigenvalue weighted by Gasteiger charge is -2.77. The third-order valence-electron chi connectivity index (χ3n) is 12.1. The van der Waals surface area contributed by atoms with Crippen molar-refractivity contribution in [1.82, 2.24) is 4.31 Å². The van der Waals surface area contributed by atoms with Crippen LogP contribution < -0.4 is 0 Å². The lowest BCUT2D eigenvalue weighted by molar-refractivity contribution is -0.293. The molecule has 2 spiro atoms. The van der Waals surface area contributed by atoms with Crippen molar-refractivity contribution in [2.45, 2.75) is 77.5 Å². The molecule has 1 aliphatic heterocycles. The number of aliphatic hydroxyl groups excluding tert-OH is 2. The van der Waals surface area contributed by atoms with Crippen LogP contribution in [0.4, 0.5) is 0 Å². The summed E-state index contributed by atoms with van der Waals surface area (Å²) >= 11 is 0. The van der Waals surface area contributed by atoms with Crippen molar-refractivity contribution < 1.29 is 33.3 Å². The molecule has 0 bridgehead atoms. The number of aliphatic carboxylic acids is 1. The molecule has 5 fully saturated rings. The van der Waals surface area contributed by atoms with Gasteiger partial charge in [-0.25, -0.2) is 8.42 Å². The van der Waals surface area contributed by atoms with Crippen molar-refractivity contribution in [3.63, 3.8) is 0 Å². The normalized spacial score (nSPS) is 55.1. The Balaban J connectivity index is 0.00000117. The van der Waals surface area contributed by atoms with Gasteiger partial charge in [0.2, 0.25) is 10.0 Å². The summed E-state index contributed by atoms with van der Waals surface area (Å²) in [6, 6.07) is -0.948. The molecule has 0 aromatic heterocycles. The highest BCUT2D eigenvalue weighted by Gasteiger charge is 3.07. The summed E-state index contributed by atoms with van der Waals surface area (Å²) in [7, 11) is -3.01. The molecule has 1 saturated heterocycles. The third kappa shape index (κ3) is 2.01. The average molecular weight is 520 g/mol. The Kier molecular flexibility index (Phi) is 4.75. The zero-order chi connectivity index (χ0) is 26.4. The lowest BCUT2D eigenvalue weighted by Crippen LogP contribution is -2.80. The lowest BCUT2D eigenvalue weighted by atomic mass is 9.29. The van der Waals surface area contributed by atoms with Crippen molar-refractivity contribution in [2.24, 2.45) is 45.3 Å². The molecule has 0 aromatic rings. The number of allylic oxidation sites excluding steroid dienone is 1. The zero-order valence-electron chi connectivity index (χ0n) is 21.4. The fourth-order valence-corrected chi connectivity index (χ4v) is 13.7. The number of fused-ring (bicyclic) bond motifs is 2. The minimum absolute atomic E-state index is 0.0434. The molecule has 198 valence electrons. The standard InChI is InChI=1S/C26H33NO6S.CH4O/c1-12-14(21(29)30)8-9-17(16(12)10-28)27-18-7-5-6-15-19(18)25(13(2)34(27,32)33)22(31)24(4)11-23(3)20(15)26(23,24)25;1-2/h10,12,14,16-18,20,22,31H,2,5-9,11H2,1,3-4H3,(H,29,30);2H,1H3. The van der Waals surface area contributed by atoms with Gasteiger partial charge in [0.05, 0.1) is 22.3 Å². The van der Waals surface area contributed by atoms with Gasteiger partial charge in [0, 0.05) is 35.9 Å². The largest absolute Gasteiger partial charge is 0.481 e. The van der Waals surface area contributed by atoms with E-state index in [4.69, 9.17) is 5.11 Å². The van der Waals surface area contributed by atoms with E-state index >= 15 is 0 Å². The Hall–Kier alpha value is -1.55. The van der Waals surface area contributed by atoms with E-state index in [9.17, 15) is 28.2 Å². The Morgan fingerprint density at radius 1 is 1.17 bits per heavy atom.